The summed E-state index contributed by atoms with van der Waals surface area (Å²) >= 11 is 14.8. The Labute approximate surface area is 93.3 Å². The molecule has 2 aromatic rings. The molecule has 0 aromatic carbocycles. The van der Waals surface area contributed by atoms with Gasteiger partial charge in [0, 0.05) is 6.07 Å². The van der Waals surface area contributed by atoms with Crippen molar-refractivity contribution < 1.29 is 0 Å². The maximum atomic E-state index is 5.90. The second kappa shape index (κ2) is 3.61. The van der Waals surface area contributed by atoms with Crippen LogP contribution in [0.5, 0.6) is 0 Å². The minimum absolute atomic E-state index is 0.385. The van der Waals surface area contributed by atoms with Crippen LogP contribution in [-0.2, 0) is 0 Å². The van der Waals surface area contributed by atoms with Crippen LogP contribution in [0.3, 0.4) is 0 Å². The Kier molecular flexibility index (Phi) is 2.65. The third-order valence-electron chi connectivity index (χ3n) is 1.46. The van der Waals surface area contributed by atoms with Gasteiger partial charge in [0.1, 0.15) is 10.3 Å². The Bertz CT molecular complexity index is 455. The minimum atomic E-state index is 0.385. The molecule has 0 atom stereocenters. The lowest BCUT2D eigenvalue weighted by Gasteiger charge is -1.91. The van der Waals surface area contributed by atoms with E-state index < -0.39 is 0 Å². The molecular weight excluding hydrogens is 247 g/mol. The summed E-state index contributed by atoms with van der Waals surface area (Å²) in [5.74, 6) is 0. The van der Waals surface area contributed by atoms with Crippen LogP contribution in [0.15, 0.2) is 10.4 Å². The van der Waals surface area contributed by atoms with Gasteiger partial charge in [-0.25, -0.2) is 9.97 Å². The van der Waals surface area contributed by atoms with Crippen molar-refractivity contribution in [2.24, 2.45) is 0 Å². The second-order valence-corrected chi connectivity index (χ2v) is 5.07. The molecule has 13 heavy (non-hydrogen) atoms. The topological polar surface area (TPSA) is 25.8 Å². The highest BCUT2D eigenvalue weighted by Gasteiger charge is 2.08. The molecule has 0 N–H and O–H groups in total. The Morgan fingerprint density at radius 3 is 2.85 bits per heavy atom. The number of fused-ring (bicyclic) bond motifs is 1. The summed E-state index contributed by atoms with van der Waals surface area (Å²) < 4.78 is 1.87. The molecule has 6 heteroatoms. The fourth-order valence-corrected chi connectivity index (χ4v) is 2.90. The molecule has 0 aliphatic heterocycles. The van der Waals surface area contributed by atoms with Crippen molar-refractivity contribution in [2.75, 3.05) is 6.26 Å². The number of pyridine rings is 1. The van der Waals surface area contributed by atoms with Crippen molar-refractivity contribution in [3.05, 3.63) is 16.4 Å². The van der Waals surface area contributed by atoms with Gasteiger partial charge in [-0.1, -0.05) is 35.0 Å². The van der Waals surface area contributed by atoms with Crippen LogP contribution in [0.1, 0.15) is 0 Å². The Morgan fingerprint density at radius 2 is 2.15 bits per heavy atom. The Balaban J connectivity index is 2.75. The molecule has 2 rings (SSSR count). The standard InChI is InChI=1S/C7H4Cl2N2S2/c1-12-7-10-3-2-4(8)11-6(9)5(3)13-7/h2H,1H3. The zero-order chi connectivity index (χ0) is 9.42. The van der Waals surface area contributed by atoms with E-state index in [1.807, 2.05) is 6.26 Å². The Morgan fingerprint density at radius 1 is 1.38 bits per heavy atom. The lowest BCUT2D eigenvalue weighted by atomic mass is 10.4. The fraction of sp³-hybridized carbons (Fsp3) is 0.143. The predicted molar refractivity (Wildman–Crippen MR) is 59.2 cm³/mol. The van der Waals surface area contributed by atoms with E-state index in [0.717, 1.165) is 14.6 Å². The third-order valence-corrected chi connectivity index (χ3v) is 4.10. The van der Waals surface area contributed by atoms with Gasteiger partial charge >= 0.3 is 0 Å². The number of halogens is 2. The highest BCUT2D eigenvalue weighted by atomic mass is 35.5. The molecule has 0 unspecified atom stereocenters. The highest BCUT2D eigenvalue weighted by Crippen LogP contribution is 2.33. The lowest BCUT2D eigenvalue weighted by molar-refractivity contribution is 1.29. The van der Waals surface area contributed by atoms with Gasteiger partial charge in [-0.2, -0.15) is 0 Å². The number of thiazole rings is 1. The lowest BCUT2D eigenvalue weighted by Crippen LogP contribution is -1.76. The molecule has 0 radical (unpaired) electrons. The summed E-state index contributed by atoms with van der Waals surface area (Å²) in [6.07, 6.45) is 1.97. The molecule has 0 aliphatic carbocycles. The van der Waals surface area contributed by atoms with Crippen LogP contribution in [0.4, 0.5) is 0 Å². The molecule has 68 valence electrons. The van der Waals surface area contributed by atoms with E-state index in [1.165, 1.54) is 11.3 Å². The molecule has 0 fully saturated rings. The maximum absolute atomic E-state index is 5.90. The van der Waals surface area contributed by atoms with E-state index in [1.54, 1.807) is 17.8 Å². The van der Waals surface area contributed by atoms with Gasteiger partial charge in [0.25, 0.3) is 0 Å². The van der Waals surface area contributed by atoms with E-state index >= 15 is 0 Å². The first-order valence-corrected chi connectivity index (χ1v) is 6.17. The number of hydrogen-bond acceptors (Lipinski definition) is 4. The summed E-state index contributed by atoms with van der Waals surface area (Å²) in [5.41, 5.74) is 0.819. The van der Waals surface area contributed by atoms with Gasteiger partial charge in [-0.05, 0) is 6.26 Å². The second-order valence-electron chi connectivity index (χ2n) is 2.27. The van der Waals surface area contributed by atoms with E-state index in [2.05, 4.69) is 9.97 Å². The van der Waals surface area contributed by atoms with Crippen molar-refractivity contribution in [1.29, 1.82) is 0 Å². The number of thioether (sulfide) groups is 1. The number of rotatable bonds is 1. The van der Waals surface area contributed by atoms with E-state index in [9.17, 15) is 0 Å². The van der Waals surface area contributed by atoms with Crippen molar-refractivity contribution in [3.8, 4) is 0 Å². The SMILES string of the molecule is CSc1nc2cc(Cl)nc(Cl)c2s1. The number of nitrogens with zero attached hydrogens (tertiary/aromatic N) is 2. The summed E-state index contributed by atoms with van der Waals surface area (Å²) in [6, 6.07) is 1.72. The molecule has 2 heterocycles. The van der Waals surface area contributed by atoms with Gasteiger partial charge in [-0.15, -0.1) is 11.3 Å². The van der Waals surface area contributed by atoms with Crippen molar-refractivity contribution >= 4 is 56.5 Å². The quantitative estimate of drug-likeness (QED) is 0.570. The fourth-order valence-electron chi connectivity index (χ4n) is 0.934. The van der Waals surface area contributed by atoms with Crippen LogP contribution in [-0.4, -0.2) is 16.2 Å². The zero-order valence-electron chi connectivity index (χ0n) is 6.54. The average molecular weight is 251 g/mol. The molecule has 0 bridgehead atoms. The van der Waals surface area contributed by atoms with Gasteiger partial charge in [0.05, 0.1) is 10.2 Å². The zero-order valence-corrected chi connectivity index (χ0v) is 9.69. The van der Waals surface area contributed by atoms with E-state index in [0.29, 0.717) is 10.3 Å². The monoisotopic (exact) mass is 250 g/mol. The normalized spacial score (nSPS) is 11.0. The maximum Gasteiger partial charge on any atom is 0.150 e. The van der Waals surface area contributed by atoms with Crippen LogP contribution in [0.2, 0.25) is 10.3 Å². The molecule has 0 aliphatic rings. The average Bonchev–Trinajstić information content (AvgIpc) is 2.47. The third kappa shape index (κ3) is 1.76. The van der Waals surface area contributed by atoms with E-state index in [4.69, 9.17) is 23.2 Å². The summed E-state index contributed by atoms with van der Waals surface area (Å²) in [6.45, 7) is 0. The van der Waals surface area contributed by atoms with Crippen molar-refractivity contribution in [3.63, 3.8) is 0 Å². The molecule has 2 nitrogen and oxygen atoms in total. The van der Waals surface area contributed by atoms with Gasteiger partial charge < -0.3 is 0 Å². The summed E-state index contributed by atoms with van der Waals surface area (Å²) in [7, 11) is 0. The van der Waals surface area contributed by atoms with Gasteiger partial charge in [-0.3, -0.25) is 0 Å². The Hall–Kier alpha value is -0.0300. The van der Waals surface area contributed by atoms with Crippen LogP contribution < -0.4 is 0 Å². The number of aromatic nitrogens is 2. The minimum Gasteiger partial charge on any atom is -0.229 e. The summed E-state index contributed by atoms with van der Waals surface area (Å²) in [5, 5.41) is 0.816. The van der Waals surface area contributed by atoms with Crippen molar-refractivity contribution in [1.82, 2.24) is 9.97 Å². The van der Waals surface area contributed by atoms with Crippen molar-refractivity contribution in [2.45, 2.75) is 4.34 Å². The molecule has 0 amide bonds. The smallest absolute Gasteiger partial charge is 0.150 e. The number of hydrogen-bond donors (Lipinski definition) is 0. The van der Waals surface area contributed by atoms with Crippen LogP contribution in [0, 0.1) is 0 Å². The van der Waals surface area contributed by atoms with Gasteiger partial charge in [0.2, 0.25) is 0 Å². The predicted octanol–water partition coefficient (Wildman–Crippen LogP) is 3.72. The van der Waals surface area contributed by atoms with Gasteiger partial charge in [0.15, 0.2) is 4.34 Å². The molecular formula is C7H4Cl2N2S2. The molecule has 0 saturated heterocycles. The van der Waals surface area contributed by atoms with E-state index in [-0.39, 0.29) is 0 Å². The first-order valence-electron chi connectivity index (χ1n) is 3.37. The first-order chi connectivity index (χ1) is 6.20. The summed E-state index contributed by atoms with van der Waals surface area (Å²) in [4.78, 5) is 8.27. The van der Waals surface area contributed by atoms with Crippen LogP contribution >= 0.6 is 46.3 Å². The highest BCUT2D eigenvalue weighted by molar-refractivity contribution is 8.00. The molecule has 0 saturated carbocycles. The largest absolute Gasteiger partial charge is 0.229 e. The molecule has 2 aromatic heterocycles. The molecule has 0 spiro atoms. The van der Waals surface area contributed by atoms with Crippen LogP contribution in [0.25, 0.3) is 10.2 Å². The first kappa shape index (κ1) is 9.52.